The van der Waals surface area contributed by atoms with Crippen LogP contribution in [0.25, 0.3) is 0 Å². The molecule has 1 heterocycles. The number of fused-ring (bicyclic) bond motifs is 1. The Morgan fingerprint density at radius 1 is 1.33 bits per heavy atom. The van der Waals surface area contributed by atoms with E-state index in [4.69, 9.17) is 10.2 Å². The molecular weight excluding hydrogens is 208 g/mol. The summed E-state index contributed by atoms with van der Waals surface area (Å²) in [6, 6.07) is 0. The second-order valence-electron chi connectivity index (χ2n) is 3.56. The van der Waals surface area contributed by atoms with Crippen molar-refractivity contribution in [3.8, 4) is 0 Å². The second kappa shape index (κ2) is 2.56. The number of hydrogen-bond acceptors (Lipinski definition) is 5. The van der Waals surface area contributed by atoms with Crippen LogP contribution < -0.4 is 0 Å². The number of cyclic esters (lactones) is 2. The SMILES string of the molecule is O=C(O)C1CC2C(=O)OC(=O)C12C(=O)O. The molecular formula is C8H6O7. The van der Waals surface area contributed by atoms with Gasteiger partial charge in [-0.3, -0.25) is 19.2 Å². The van der Waals surface area contributed by atoms with Crippen molar-refractivity contribution in [2.24, 2.45) is 17.3 Å². The van der Waals surface area contributed by atoms with Crippen LogP contribution in [-0.4, -0.2) is 34.1 Å². The quantitative estimate of drug-likeness (QED) is 0.440. The molecule has 0 amide bonds. The fourth-order valence-corrected chi connectivity index (χ4v) is 2.18. The predicted molar refractivity (Wildman–Crippen MR) is 40.4 cm³/mol. The van der Waals surface area contributed by atoms with Gasteiger partial charge in [-0.05, 0) is 6.42 Å². The molecule has 0 aromatic carbocycles. The highest BCUT2D eigenvalue weighted by atomic mass is 16.6. The highest BCUT2D eigenvalue weighted by molar-refractivity contribution is 6.15. The van der Waals surface area contributed by atoms with Gasteiger partial charge >= 0.3 is 23.9 Å². The summed E-state index contributed by atoms with van der Waals surface area (Å²) in [5, 5.41) is 17.6. The lowest BCUT2D eigenvalue weighted by atomic mass is 9.54. The summed E-state index contributed by atoms with van der Waals surface area (Å²) >= 11 is 0. The molecule has 3 unspecified atom stereocenters. The molecule has 0 aromatic heterocycles. The van der Waals surface area contributed by atoms with Crippen molar-refractivity contribution in [3.05, 3.63) is 0 Å². The van der Waals surface area contributed by atoms with Crippen molar-refractivity contribution in [2.45, 2.75) is 6.42 Å². The van der Waals surface area contributed by atoms with E-state index in [-0.39, 0.29) is 6.42 Å². The van der Waals surface area contributed by atoms with Crippen LogP contribution in [0.3, 0.4) is 0 Å². The minimum atomic E-state index is -2.19. The highest BCUT2D eigenvalue weighted by Crippen LogP contribution is 2.57. The summed E-state index contributed by atoms with van der Waals surface area (Å²) in [6.07, 6.45) is -0.161. The van der Waals surface area contributed by atoms with Gasteiger partial charge in [-0.2, -0.15) is 0 Å². The molecule has 1 saturated heterocycles. The molecule has 1 aliphatic carbocycles. The maximum absolute atomic E-state index is 11.2. The van der Waals surface area contributed by atoms with Gasteiger partial charge in [0, 0.05) is 0 Å². The summed E-state index contributed by atoms with van der Waals surface area (Å²) in [7, 11) is 0. The van der Waals surface area contributed by atoms with Gasteiger partial charge in [0.2, 0.25) is 0 Å². The van der Waals surface area contributed by atoms with E-state index in [1.165, 1.54) is 0 Å². The molecule has 1 aliphatic heterocycles. The number of esters is 2. The third-order valence-corrected chi connectivity index (χ3v) is 3.04. The summed E-state index contributed by atoms with van der Waals surface area (Å²) in [4.78, 5) is 43.9. The third kappa shape index (κ3) is 0.846. The van der Waals surface area contributed by atoms with Crippen molar-refractivity contribution in [3.63, 3.8) is 0 Å². The standard InChI is InChI=1S/C8H6O7/c9-4(10)2-1-3-5(11)15-7(14)8(2,3)6(12)13/h2-3H,1H2,(H,9,10)(H,12,13). The van der Waals surface area contributed by atoms with Crippen LogP contribution in [0.15, 0.2) is 0 Å². The lowest BCUT2D eigenvalue weighted by Crippen LogP contribution is -2.59. The molecule has 0 radical (unpaired) electrons. The Kier molecular flexibility index (Phi) is 1.64. The highest BCUT2D eigenvalue weighted by Gasteiger charge is 2.76. The molecule has 15 heavy (non-hydrogen) atoms. The van der Waals surface area contributed by atoms with Gasteiger partial charge < -0.3 is 14.9 Å². The van der Waals surface area contributed by atoms with Crippen LogP contribution in [0.2, 0.25) is 0 Å². The maximum Gasteiger partial charge on any atom is 0.332 e. The van der Waals surface area contributed by atoms with Crippen molar-refractivity contribution in [1.82, 2.24) is 0 Å². The Balaban J connectivity index is 2.48. The first-order chi connectivity index (χ1) is 6.92. The van der Waals surface area contributed by atoms with E-state index in [2.05, 4.69) is 4.74 Å². The van der Waals surface area contributed by atoms with Crippen LogP contribution in [-0.2, 0) is 23.9 Å². The van der Waals surface area contributed by atoms with Crippen LogP contribution in [0, 0.1) is 17.3 Å². The third-order valence-electron chi connectivity index (χ3n) is 3.04. The normalized spacial score (nSPS) is 37.9. The van der Waals surface area contributed by atoms with Gasteiger partial charge in [-0.15, -0.1) is 0 Å². The first-order valence-corrected chi connectivity index (χ1v) is 4.14. The molecule has 2 N–H and O–H groups in total. The number of rotatable bonds is 2. The van der Waals surface area contributed by atoms with E-state index in [1.807, 2.05) is 0 Å². The fourth-order valence-electron chi connectivity index (χ4n) is 2.18. The van der Waals surface area contributed by atoms with E-state index in [0.29, 0.717) is 0 Å². The zero-order valence-corrected chi connectivity index (χ0v) is 7.30. The minimum absolute atomic E-state index is 0.161. The Morgan fingerprint density at radius 2 is 1.93 bits per heavy atom. The molecule has 3 atom stereocenters. The first-order valence-electron chi connectivity index (χ1n) is 4.14. The Hall–Kier alpha value is -1.92. The average Bonchev–Trinajstić information content (AvgIpc) is 2.16. The minimum Gasteiger partial charge on any atom is -0.481 e. The molecule has 7 heteroatoms. The Morgan fingerprint density at radius 3 is 2.33 bits per heavy atom. The van der Waals surface area contributed by atoms with E-state index in [1.54, 1.807) is 0 Å². The van der Waals surface area contributed by atoms with Gasteiger partial charge in [0.25, 0.3) is 0 Å². The van der Waals surface area contributed by atoms with Crippen molar-refractivity contribution in [1.29, 1.82) is 0 Å². The smallest absolute Gasteiger partial charge is 0.332 e. The fraction of sp³-hybridized carbons (Fsp3) is 0.500. The zero-order chi connectivity index (χ0) is 11.4. The number of carbonyl (C=O) groups excluding carboxylic acids is 2. The molecule has 2 rings (SSSR count). The molecule has 7 nitrogen and oxygen atoms in total. The van der Waals surface area contributed by atoms with Crippen molar-refractivity contribution >= 4 is 23.9 Å². The van der Waals surface area contributed by atoms with Crippen LogP contribution in [0.1, 0.15) is 6.42 Å². The topological polar surface area (TPSA) is 118 Å². The van der Waals surface area contributed by atoms with Gasteiger partial charge in [-0.25, -0.2) is 0 Å². The maximum atomic E-state index is 11.2. The van der Waals surface area contributed by atoms with Gasteiger partial charge in [0.15, 0.2) is 5.41 Å². The van der Waals surface area contributed by atoms with Gasteiger partial charge in [0.1, 0.15) is 0 Å². The molecule has 0 spiro atoms. The van der Waals surface area contributed by atoms with Crippen LogP contribution >= 0.6 is 0 Å². The molecule has 80 valence electrons. The van der Waals surface area contributed by atoms with E-state index >= 15 is 0 Å². The Labute approximate surface area is 82.6 Å². The van der Waals surface area contributed by atoms with Crippen molar-refractivity contribution in [2.75, 3.05) is 0 Å². The van der Waals surface area contributed by atoms with Crippen molar-refractivity contribution < 1.29 is 34.1 Å². The summed E-state index contributed by atoms with van der Waals surface area (Å²) < 4.78 is 4.17. The van der Waals surface area contributed by atoms with Crippen LogP contribution in [0.4, 0.5) is 0 Å². The second-order valence-corrected chi connectivity index (χ2v) is 3.56. The summed E-state index contributed by atoms with van der Waals surface area (Å²) in [6.45, 7) is 0. The Bertz CT molecular complexity index is 398. The number of carbonyl (C=O) groups is 4. The van der Waals surface area contributed by atoms with E-state index in [0.717, 1.165) is 0 Å². The first kappa shape index (κ1) is 9.63. The number of carboxylic acid groups (broad SMARTS) is 2. The summed E-state index contributed by atoms with van der Waals surface area (Å²) in [5.41, 5.74) is -2.19. The summed E-state index contributed by atoms with van der Waals surface area (Å²) in [5.74, 6) is -7.74. The number of carboxylic acids is 2. The number of hydrogen-bond donors (Lipinski definition) is 2. The lowest BCUT2D eigenvalue weighted by Gasteiger charge is -2.40. The molecule has 1 saturated carbocycles. The molecule has 2 fully saturated rings. The van der Waals surface area contributed by atoms with E-state index in [9.17, 15) is 19.2 Å². The predicted octanol–water partition coefficient (Wildman–Crippen LogP) is -1.14. The number of ether oxygens (including phenoxy) is 1. The zero-order valence-electron chi connectivity index (χ0n) is 7.30. The molecule has 2 aliphatic rings. The number of aliphatic carboxylic acids is 2. The monoisotopic (exact) mass is 214 g/mol. The van der Waals surface area contributed by atoms with Gasteiger partial charge in [0.05, 0.1) is 11.8 Å². The lowest BCUT2D eigenvalue weighted by molar-refractivity contribution is -0.184. The van der Waals surface area contributed by atoms with E-state index < -0.39 is 41.1 Å². The molecule has 0 bridgehead atoms. The largest absolute Gasteiger partial charge is 0.481 e. The van der Waals surface area contributed by atoms with Gasteiger partial charge in [-0.1, -0.05) is 0 Å². The molecule has 0 aromatic rings. The average molecular weight is 214 g/mol. The van der Waals surface area contributed by atoms with Crippen LogP contribution in [0.5, 0.6) is 0 Å².